The molecule has 0 aliphatic heterocycles. The molecule has 0 atom stereocenters. The maximum Gasteiger partial charge on any atom is 0.324 e. The van der Waals surface area contributed by atoms with Crippen molar-refractivity contribution in [2.45, 2.75) is 0 Å². The van der Waals surface area contributed by atoms with Crippen molar-refractivity contribution in [1.29, 1.82) is 0 Å². The number of hydrogen-bond acceptors (Lipinski definition) is 7. The first-order valence-corrected chi connectivity index (χ1v) is 10.5. The second kappa shape index (κ2) is 8.41. The summed E-state index contributed by atoms with van der Waals surface area (Å²) in [5.41, 5.74) is 1.18. The monoisotopic (exact) mass is 478 g/mol. The van der Waals surface area contributed by atoms with E-state index >= 15 is 0 Å². The van der Waals surface area contributed by atoms with E-state index in [-0.39, 0.29) is 27.1 Å². The van der Waals surface area contributed by atoms with Gasteiger partial charge in [0.05, 0.1) is 27.1 Å². The third-order valence-corrected chi connectivity index (χ3v) is 5.87. The van der Waals surface area contributed by atoms with Gasteiger partial charge in [0, 0.05) is 11.6 Å². The molecule has 168 valence electrons. The Morgan fingerprint density at radius 3 is 2.53 bits per heavy atom. The van der Waals surface area contributed by atoms with Gasteiger partial charge in [0.1, 0.15) is 5.82 Å². The minimum atomic E-state index is -1.07. The van der Waals surface area contributed by atoms with Crippen molar-refractivity contribution in [3.63, 3.8) is 0 Å². The van der Waals surface area contributed by atoms with E-state index in [0.717, 1.165) is 12.1 Å². The number of amides is 1. The van der Waals surface area contributed by atoms with Crippen LogP contribution in [0.25, 0.3) is 28.1 Å². The molecule has 34 heavy (non-hydrogen) atoms. The Kier molecular flexibility index (Phi) is 5.26. The summed E-state index contributed by atoms with van der Waals surface area (Å²) in [5.74, 6) is -2.63. The fraction of sp³-hybridized carbons (Fsp3) is 0. The fourth-order valence-electron chi connectivity index (χ4n) is 3.24. The number of aromatic nitrogens is 4. The number of hydrogen-bond donors (Lipinski definition) is 1. The number of halogens is 2. The van der Waals surface area contributed by atoms with Gasteiger partial charge in [0.25, 0.3) is 5.91 Å². The smallest absolute Gasteiger partial charge is 0.305 e. The molecule has 3 heterocycles. The van der Waals surface area contributed by atoms with Crippen molar-refractivity contribution >= 4 is 39.1 Å². The molecule has 12 heteroatoms. The number of nitrogens with zero attached hydrogens (tertiary/aromatic N) is 5. The first-order chi connectivity index (χ1) is 16.4. The summed E-state index contributed by atoms with van der Waals surface area (Å²) in [4.78, 5) is 32.1. The van der Waals surface area contributed by atoms with Crippen LogP contribution in [0.4, 0.5) is 19.6 Å². The first-order valence-electron chi connectivity index (χ1n) is 9.73. The first kappa shape index (κ1) is 21.3. The van der Waals surface area contributed by atoms with Gasteiger partial charge >= 0.3 is 5.00 Å². The third-order valence-electron chi connectivity index (χ3n) is 4.83. The average molecular weight is 478 g/mol. The van der Waals surface area contributed by atoms with E-state index in [2.05, 4.69) is 20.4 Å². The predicted molar refractivity (Wildman–Crippen MR) is 121 cm³/mol. The van der Waals surface area contributed by atoms with Gasteiger partial charge in [-0.25, -0.2) is 23.4 Å². The van der Waals surface area contributed by atoms with Gasteiger partial charge in [0.2, 0.25) is 0 Å². The molecule has 5 rings (SSSR count). The van der Waals surface area contributed by atoms with Gasteiger partial charge in [-0.2, -0.15) is 5.10 Å². The highest BCUT2D eigenvalue weighted by Crippen LogP contribution is 2.29. The number of rotatable bonds is 5. The van der Waals surface area contributed by atoms with Crippen LogP contribution in [0.2, 0.25) is 0 Å². The van der Waals surface area contributed by atoms with Crippen LogP contribution in [0.5, 0.6) is 0 Å². The maximum atomic E-state index is 13.9. The summed E-state index contributed by atoms with van der Waals surface area (Å²) in [6.07, 6.45) is 1.46. The molecule has 0 bridgehead atoms. The van der Waals surface area contributed by atoms with Crippen molar-refractivity contribution in [3.05, 3.63) is 93.5 Å². The second-order valence-electron chi connectivity index (χ2n) is 7.00. The molecule has 0 saturated heterocycles. The normalized spacial score (nSPS) is 11.0. The molecule has 0 spiro atoms. The molecule has 0 aliphatic rings. The molecular weight excluding hydrogens is 466 g/mol. The summed E-state index contributed by atoms with van der Waals surface area (Å²) >= 11 is 0.713. The van der Waals surface area contributed by atoms with Crippen LogP contribution in [-0.2, 0) is 0 Å². The Bertz CT molecular complexity index is 1570. The van der Waals surface area contributed by atoms with Gasteiger partial charge in [-0.15, -0.1) is 0 Å². The van der Waals surface area contributed by atoms with Crippen LogP contribution in [0.15, 0.2) is 66.9 Å². The van der Waals surface area contributed by atoms with E-state index in [9.17, 15) is 23.7 Å². The average Bonchev–Trinajstić information content (AvgIpc) is 3.49. The van der Waals surface area contributed by atoms with E-state index < -0.39 is 22.5 Å². The van der Waals surface area contributed by atoms with Crippen LogP contribution < -0.4 is 5.32 Å². The highest BCUT2D eigenvalue weighted by Gasteiger charge is 2.20. The van der Waals surface area contributed by atoms with Gasteiger partial charge in [-0.05, 0) is 36.4 Å². The number of benzene rings is 2. The lowest BCUT2D eigenvalue weighted by Gasteiger charge is -2.09. The number of fused-ring (bicyclic) bond motifs is 1. The third kappa shape index (κ3) is 3.86. The quantitative estimate of drug-likeness (QED) is 0.281. The molecule has 2 aromatic carbocycles. The number of nitro groups is 1. The number of thiophene rings is 1. The van der Waals surface area contributed by atoms with Gasteiger partial charge in [-0.1, -0.05) is 29.5 Å². The topological polar surface area (TPSA) is 116 Å². The number of carbonyl (C=O) groups excluding carboxylic acids is 1. The van der Waals surface area contributed by atoms with Crippen LogP contribution in [0.1, 0.15) is 9.67 Å². The molecule has 0 saturated carbocycles. The summed E-state index contributed by atoms with van der Waals surface area (Å²) in [7, 11) is 0. The lowest BCUT2D eigenvalue weighted by Crippen LogP contribution is -2.12. The molecule has 0 radical (unpaired) electrons. The zero-order valence-electron chi connectivity index (χ0n) is 17.0. The van der Waals surface area contributed by atoms with E-state index in [1.54, 1.807) is 12.1 Å². The summed E-state index contributed by atoms with van der Waals surface area (Å²) < 4.78 is 28.9. The standard InChI is InChI=1S/C22H12F2N6O3S/c23-15-7-6-12(10-16(15)24)19-26-20(28-22(31)17-8-9-18(34-17)30(32)33)14-11-25-29(21(14)27-19)13-4-2-1-3-5-13/h1-11H,(H,26,27,28,31). The van der Waals surface area contributed by atoms with Crippen molar-refractivity contribution in [3.8, 4) is 17.1 Å². The summed E-state index contributed by atoms with van der Waals surface area (Å²) in [6, 6.07) is 14.8. The molecule has 0 fully saturated rings. The van der Waals surface area contributed by atoms with Crippen molar-refractivity contribution < 1.29 is 18.5 Å². The number of carbonyl (C=O) groups is 1. The Balaban J connectivity index is 1.64. The van der Waals surface area contributed by atoms with E-state index in [4.69, 9.17) is 0 Å². The van der Waals surface area contributed by atoms with Crippen LogP contribution >= 0.6 is 11.3 Å². The van der Waals surface area contributed by atoms with Crippen molar-refractivity contribution in [1.82, 2.24) is 19.7 Å². The highest BCUT2D eigenvalue weighted by atomic mass is 32.1. The van der Waals surface area contributed by atoms with Crippen molar-refractivity contribution in [2.24, 2.45) is 0 Å². The van der Waals surface area contributed by atoms with Gasteiger partial charge in [-0.3, -0.25) is 14.9 Å². The Hall–Kier alpha value is -4.58. The fourth-order valence-corrected chi connectivity index (χ4v) is 3.96. The Labute approximate surface area is 193 Å². The lowest BCUT2D eigenvalue weighted by molar-refractivity contribution is -0.380. The van der Waals surface area contributed by atoms with Gasteiger partial charge in [0.15, 0.2) is 23.1 Å². The molecule has 1 amide bonds. The minimum absolute atomic E-state index is 0.0246. The molecule has 0 aliphatic carbocycles. The Morgan fingerprint density at radius 1 is 1.03 bits per heavy atom. The molecule has 1 N–H and O–H groups in total. The number of anilines is 1. The maximum absolute atomic E-state index is 13.9. The Morgan fingerprint density at radius 2 is 1.82 bits per heavy atom. The number of nitrogens with one attached hydrogen (secondary N) is 1. The van der Waals surface area contributed by atoms with Crippen LogP contribution in [0.3, 0.4) is 0 Å². The lowest BCUT2D eigenvalue weighted by atomic mass is 10.2. The number of para-hydroxylation sites is 1. The minimum Gasteiger partial charge on any atom is -0.305 e. The largest absolute Gasteiger partial charge is 0.324 e. The van der Waals surface area contributed by atoms with Gasteiger partial charge < -0.3 is 5.32 Å². The zero-order chi connectivity index (χ0) is 23.8. The molecule has 9 nitrogen and oxygen atoms in total. The van der Waals surface area contributed by atoms with E-state index in [1.807, 2.05) is 18.2 Å². The highest BCUT2D eigenvalue weighted by molar-refractivity contribution is 7.17. The predicted octanol–water partition coefficient (Wildman–Crippen LogP) is 4.98. The summed E-state index contributed by atoms with van der Waals surface area (Å²) in [5, 5.41) is 18.1. The SMILES string of the molecule is O=C(Nc1nc(-c2ccc(F)c(F)c2)nc2c1cnn2-c1ccccc1)c1ccc([N+](=O)[O-])s1. The molecule has 0 unspecified atom stereocenters. The van der Waals surface area contributed by atoms with Crippen molar-refractivity contribution in [2.75, 3.05) is 5.32 Å². The zero-order valence-corrected chi connectivity index (χ0v) is 17.8. The van der Waals surface area contributed by atoms with E-state index in [1.165, 1.54) is 29.1 Å². The second-order valence-corrected chi connectivity index (χ2v) is 8.07. The van der Waals surface area contributed by atoms with Crippen LogP contribution in [-0.4, -0.2) is 30.6 Å². The molecular formula is C22H12F2N6O3S. The van der Waals surface area contributed by atoms with E-state index in [0.29, 0.717) is 28.1 Å². The molecule has 3 aromatic heterocycles. The van der Waals surface area contributed by atoms with Crippen LogP contribution in [0, 0.1) is 21.7 Å². The molecule has 5 aromatic rings. The summed E-state index contributed by atoms with van der Waals surface area (Å²) in [6.45, 7) is 0.